The number of carbonyl (C=O) groups is 2. The van der Waals surface area contributed by atoms with E-state index in [-0.39, 0.29) is 39.1 Å². The molecule has 0 aliphatic rings. The van der Waals surface area contributed by atoms with Crippen LogP contribution in [0.5, 0.6) is 5.75 Å². The Labute approximate surface area is 204 Å². The van der Waals surface area contributed by atoms with Gasteiger partial charge in [-0.1, -0.05) is 30.0 Å². The Hall–Kier alpha value is -4.63. The van der Waals surface area contributed by atoms with E-state index in [1.165, 1.54) is 24.3 Å². The lowest BCUT2D eigenvalue weighted by molar-refractivity contribution is -0.384. The fourth-order valence-corrected chi connectivity index (χ4v) is 3.71. The van der Waals surface area contributed by atoms with Gasteiger partial charge in [0, 0.05) is 5.69 Å². The van der Waals surface area contributed by atoms with E-state index in [4.69, 9.17) is 10.5 Å². The van der Waals surface area contributed by atoms with E-state index < -0.39 is 16.7 Å². The van der Waals surface area contributed by atoms with Gasteiger partial charge in [0.1, 0.15) is 28.3 Å². The molecule has 0 saturated heterocycles. The number of rotatable bonds is 9. The lowest BCUT2D eigenvalue weighted by Crippen LogP contribution is -2.17. The molecule has 11 nitrogen and oxygen atoms in total. The first-order chi connectivity index (χ1) is 16.8. The molecular formula is C23H20N6O5S. The molecule has 0 radical (unpaired) electrons. The van der Waals surface area contributed by atoms with Gasteiger partial charge in [-0.05, 0) is 37.3 Å². The maximum atomic E-state index is 12.6. The number of benzene rings is 2. The number of hydrogen-bond donors (Lipinski definition) is 3. The molecule has 1 heterocycles. The van der Waals surface area contributed by atoms with Gasteiger partial charge in [0.15, 0.2) is 0 Å². The third-order valence-corrected chi connectivity index (χ3v) is 5.50. The monoisotopic (exact) mass is 492 g/mol. The Morgan fingerprint density at radius 3 is 2.60 bits per heavy atom. The van der Waals surface area contributed by atoms with Crippen LogP contribution < -0.4 is 21.1 Å². The molecule has 178 valence electrons. The Bertz CT molecular complexity index is 1310. The average molecular weight is 493 g/mol. The highest BCUT2D eigenvalue weighted by molar-refractivity contribution is 8.00. The number of pyridine rings is 1. The number of aromatic nitrogens is 1. The summed E-state index contributed by atoms with van der Waals surface area (Å²) in [7, 11) is 0. The van der Waals surface area contributed by atoms with Crippen LogP contribution in [0.3, 0.4) is 0 Å². The number of ether oxygens (including phenoxy) is 1. The number of nitrogens with zero attached hydrogens (tertiary/aromatic N) is 3. The number of nitro groups is 1. The van der Waals surface area contributed by atoms with Gasteiger partial charge in [-0.3, -0.25) is 19.7 Å². The van der Waals surface area contributed by atoms with Crippen LogP contribution in [0, 0.1) is 21.4 Å². The number of nitrogens with two attached hydrogens (primary N) is 1. The maximum absolute atomic E-state index is 12.6. The van der Waals surface area contributed by atoms with Crippen LogP contribution in [-0.2, 0) is 4.79 Å². The minimum absolute atomic E-state index is 0.00460. The van der Waals surface area contributed by atoms with Crippen molar-refractivity contribution in [3.63, 3.8) is 0 Å². The van der Waals surface area contributed by atoms with E-state index in [1.807, 2.05) is 6.07 Å². The summed E-state index contributed by atoms with van der Waals surface area (Å²) in [5.41, 5.74) is 6.25. The van der Waals surface area contributed by atoms with Crippen LogP contribution in [0.1, 0.15) is 22.8 Å². The highest BCUT2D eigenvalue weighted by atomic mass is 32.2. The summed E-state index contributed by atoms with van der Waals surface area (Å²) in [5, 5.41) is 26.2. The predicted octanol–water partition coefficient (Wildman–Crippen LogP) is 3.83. The van der Waals surface area contributed by atoms with Gasteiger partial charge in [-0.2, -0.15) is 5.26 Å². The number of carbonyl (C=O) groups excluding carboxylic acids is 2. The molecule has 0 aliphatic carbocycles. The molecule has 35 heavy (non-hydrogen) atoms. The normalized spacial score (nSPS) is 10.2. The molecule has 0 aliphatic heterocycles. The molecule has 2 amide bonds. The summed E-state index contributed by atoms with van der Waals surface area (Å²) in [5.74, 6) is -1.10. The van der Waals surface area contributed by atoms with Gasteiger partial charge in [-0.15, -0.1) is 0 Å². The fourth-order valence-electron chi connectivity index (χ4n) is 2.95. The average Bonchev–Trinajstić information content (AvgIpc) is 2.84. The minimum atomic E-state index is -0.624. The molecule has 0 fully saturated rings. The Kier molecular flexibility index (Phi) is 8.20. The minimum Gasteiger partial charge on any atom is -0.494 e. The SMILES string of the molecule is CCOc1ccc(NC(=O)CSc2nc(N)c(C(=O)Nc3ccccc3)cc2C#N)c([N+](=O)[O-])c1. The number of anilines is 3. The van der Waals surface area contributed by atoms with Crippen molar-refractivity contribution in [3.8, 4) is 11.8 Å². The standard InChI is InChI=1S/C23H20N6O5S/c1-2-34-16-8-9-18(19(11-16)29(32)33)27-20(30)13-35-23-14(12-24)10-17(21(25)28-23)22(31)26-15-6-4-3-5-7-15/h3-11H,2,13H2,1H3,(H2,25,28)(H,26,31)(H,27,30). The van der Waals surface area contributed by atoms with Crippen molar-refractivity contribution in [1.82, 2.24) is 4.98 Å². The molecule has 0 atom stereocenters. The molecule has 0 saturated carbocycles. The number of nitrogen functional groups attached to an aromatic ring is 1. The second kappa shape index (κ2) is 11.5. The largest absolute Gasteiger partial charge is 0.494 e. The number of thioether (sulfide) groups is 1. The van der Waals surface area contributed by atoms with Crippen LogP contribution in [0.4, 0.5) is 22.9 Å². The summed E-state index contributed by atoms with van der Waals surface area (Å²) in [6.45, 7) is 2.08. The molecule has 1 aromatic heterocycles. The summed E-state index contributed by atoms with van der Waals surface area (Å²) in [6, 6.07) is 16.1. The van der Waals surface area contributed by atoms with Crippen molar-refractivity contribution in [2.75, 3.05) is 28.7 Å². The molecular weight excluding hydrogens is 472 g/mol. The van der Waals surface area contributed by atoms with Gasteiger partial charge in [0.25, 0.3) is 11.6 Å². The Balaban J connectivity index is 1.71. The van der Waals surface area contributed by atoms with Crippen LogP contribution in [0.25, 0.3) is 0 Å². The zero-order chi connectivity index (χ0) is 25.4. The molecule has 3 aromatic rings. The first kappa shape index (κ1) is 25.0. The third kappa shape index (κ3) is 6.46. The quantitative estimate of drug-likeness (QED) is 0.228. The fraction of sp³-hybridized carbons (Fsp3) is 0.130. The van der Waals surface area contributed by atoms with Crippen LogP contribution in [-0.4, -0.2) is 34.1 Å². The van der Waals surface area contributed by atoms with Gasteiger partial charge in [0.2, 0.25) is 5.91 Å². The number of hydrogen-bond acceptors (Lipinski definition) is 9. The third-order valence-electron chi connectivity index (χ3n) is 4.50. The molecule has 4 N–H and O–H groups in total. The number of amides is 2. The molecule has 3 rings (SSSR count). The predicted molar refractivity (Wildman–Crippen MR) is 131 cm³/mol. The first-order valence-electron chi connectivity index (χ1n) is 10.2. The molecule has 0 bridgehead atoms. The second-order valence-corrected chi connectivity index (χ2v) is 7.88. The van der Waals surface area contributed by atoms with E-state index in [1.54, 1.807) is 37.3 Å². The number of para-hydroxylation sites is 1. The topological polar surface area (TPSA) is 173 Å². The van der Waals surface area contributed by atoms with E-state index >= 15 is 0 Å². The number of nitrogens with one attached hydrogen (secondary N) is 2. The molecule has 0 unspecified atom stereocenters. The van der Waals surface area contributed by atoms with Crippen molar-refractivity contribution < 1.29 is 19.2 Å². The summed E-state index contributed by atoms with van der Waals surface area (Å²) < 4.78 is 5.26. The van der Waals surface area contributed by atoms with Crippen molar-refractivity contribution in [2.45, 2.75) is 11.9 Å². The zero-order valence-electron chi connectivity index (χ0n) is 18.5. The van der Waals surface area contributed by atoms with Crippen LogP contribution in [0.15, 0.2) is 59.6 Å². The van der Waals surface area contributed by atoms with Crippen molar-refractivity contribution in [1.29, 1.82) is 5.26 Å². The Morgan fingerprint density at radius 1 is 1.20 bits per heavy atom. The van der Waals surface area contributed by atoms with E-state index in [0.717, 1.165) is 11.8 Å². The molecule has 2 aromatic carbocycles. The van der Waals surface area contributed by atoms with Gasteiger partial charge in [0.05, 0.1) is 34.5 Å². The second-order valence-electron chi connectivity index (χ2n) is 6.91. The van der Waals surface area contributed by atoms with Gasteiger partial charge >= 0.3 is 0 Å². The highest BCUT2D eigenvalue weighted by Crippen LogP contribution is 2.30. The number of nitriles is 1. The summed E-state index contributed by atoms with van der Waals surface area (Å²) >= 11 is 0.911. The van der Waals surface area contributed by atoms with E-state index in [2.05, 4.69) is 15.6 Å². The number of nitro benzene ring substituents is 1. The van der Waals surface area contributed by atoms with Crippen molar-refractivity contribution in [2.24, 2.45) is 0 Å². The lowest BCUT2D eigenvalue weighted by Gasteiger charge is -2.11. The molecule has 0 spiro atoms. The Morgan fingerprint density at radius 2 is 1.94 bits per heavy atom. The molecule has 12 heteroatoms. The zero-order valence-corrected chi connectivity index (χ0v) is 19.3. The smallest absolute Gasteiger partial charge is 0.296 e. The van der Waals surface area contributed by atoms with E-state index in [9.17, 15) is 25.0 Å². The maximum Gasteiger partial charge on any atom is 0.296 e. The summed E-state index contributed by atoms with van der Waals surface area (Å²) in [6.07, 6.45) is 0. The van der Waals surface area contributed by atoms with Crippen LogP contribution >= 0.6 is 11.8 Å². The first-order valence-corrected chi connectivity index (χ1v) is 11.2. The van der Waals surface area contributed by atoms with Crippen molar-refractivity contribution in [3.05, 3.63) is 75.8 Å². The van der Waals surface area contributed by atoms with Crippen molar-refractivity contribution >= 4 is 46.5 Å². The summed E-state index contributed by atoms with van der Waals surface area (Å²) in [4.78, 5) is 39.9. The lowest BCUT2D eigenvalue weighted by atomic mass is 10.2. The van der Waals surface area contributed by atoms with Gasteiger partial charge in [-0.25, -0.2) is 4.98 Å². The van der Waals surface area contributed by atoms with Crippen LogP contribution in [0.2, 0.25) is 0 Å². The van der Waals surface area contributed by atoms with E-state index in [0.29, 0.717) is 18.0 Å². The highest BCUT2D eigenvalue weighted by Gasteiger charge is 2.20. The van der Waals surface area contributed by atoms with Gasteiger partial charge < -0.3 is 21.1 Å².